The van der Waals surface area contributed by atoms with Crippen molar-refractivity contribution in [3.63, 3.8) is 0 Å². The van der Waals surface area contributed by atoms with Crippen LogP contribution >= 0.6 is 0 Å². The highest BCUT2D eigenvalue weighted by Gasteiger charge is 2.33. The fourth-order valence-corrected chi connectivity index (χ4v) is 4.38. The summed E-state index contributed by atoms with van der Waals surface area (Å²) in [5.41, 5.74) is 2.95. The molecule has 8 heteroatoms. The lowest BCUT2D eigenvalue weighted by molar-refractivity contribution is -0.116. The van der Waals surface area contributed by atoms with Crippen molar-refractivity contribution in [1.29, 1.82) is 0 Å². The molecule has 2 aliphatic rings. The molecule has 0 aliphatic carbocycles. The first-order valence-corrected chi connectivity index (χ1v) is 10.3. The van der Waals surface area contributed by atoms with E-state index >= 15 is 0 Å². The minimum atomic E-state index is -0.0646. The molecule has 8 nitrogen and oxygen atoms in total. The number of hydrogen-bond donors (Lipinski definition) is 1. The van der Waals surface area contributed by atoms with E-state index in [1.165, 1.54) is 12.8 Å². The van der Waals surface area contributed by atoms with Crippen molar-refractivity contribution in [2.45, 2.75) is 32.1 Å². The molecule has 1 N–H and O–H groups in total. The summed E-state index contributed by atoms with van der Waals surface area (Å²) in [5.74, 6) is 2.84. The monoisotopic (exact) mass is 404 g/mol. The van der Waals surface area contributed by atoms with Crippen LogP contribution in [0.1, 0.15) is 42.0 Å². The number of methoxy groups -OCH3 is 1. The van der Waals surface area contributed by atoms with Crippen LogP contribution in [0.2, 0.25) is 0 Å². The molecular formula is C22H24N6O2. The fourth-order valence-electron chi connectivity index (χ4n) is 4.38. The van der Waals surface area contributed by atoms with Gasteiger partial charge in [-0.1, -0.05) is 12.1 Å². The highest BCUT2D eigenvalue weighted by atomic mass is 16.5. The Kier molecular flexibility index (Phi) is 4.61. The van der Waals surface area contributed by atoms with Gasteiger partial charge in [0.25, 0.3) is 0 Å². The van der Waals surface area contributed by atoms with Crippen LogP contribution in [0.15, 0.2) is 36.4 Å². The molecule has 2 aliphatic heterocycles. The lowest BCUT2D eigenvalue weighted by Gasteiger charge is -2.24. The molecule has 1 amide bonds. The van der Waals surface area contributed by atoms with Crippen LogP contribution in [0.25, 0.3) is 5.82 Å². The van der Waals surface area contributed by atoms with Crippen LogP contribution in [0.5, 0.6) is 5.75 Å². The second-order valence-corrected chi connectivity index (χ2v) is 7.78. The van der Waals surface area contributed by atoms with E-state index in [1.54, 1.807) is 11.8 Å². The molecule has 0 bridgehead atoms. The molecule has 1 aromatic carbocycles. The Morgan fingerprint density at radius 3 is 2.40 bits per heavy atom. The molecule has 0 spiro atoms. The van der Waals surface area contributed by atoms with E-state index in [0.29, 0.717) is 18.1 Å². The number of ether oxygens (including phenoxy) is 1. The van der Waals surface area contributed by atoms with Crippen molar-refractivity contribution in [2.75, 3.05) is 30.4 Å². The van der Waals surface area contributed by atoms with Gasteiger partial charge in [0.05, 0.1) is 12.8 Å². The summed E-state index contributed by atoms with van der Waals surface area (Å²) in [6.07, 6.45) is 2.76. The van der Waals surface area contributed by atoms with Gasteiger partial charge in [-0.25, -0.2) is 0 Å². The lowest BCUT2D eigenvalue weighted by Crippen LogP contribution is -2.25. The van der Waals surface area contributed by atoms with Crippen LogP contribution in [0.3, 0.4) is 0 Å². The van der Waals surface area contributed by atoms with Gasteiger partial charge in [-0.2, -0.15) is 9.78 Å². The number of carbonyl (C=O) groups is 1. The number of nitrogens with zero attached hydrogens (tertiary/aromatic N) is 5. The van der Waals surface area contributed by atoms with Crippen LogP contribution < -0.4 is 15.0 Å². The normalized spacial score (nSPS) is 18.3. The Balaban J connectivity index is 1.52. The van der Waals surface area contributed by atoms with Gasteiger partial charge < -0.3 is 15.0 Å². The molecule has 30 heavy (non-hydrogen) atoms. The second-order valence-electron chi connectivity index (χ2n) is 7.78. The molecule has 154 valence electrons. The van der Waals surface area contributed by atoms with Crippen molar-refractivity contribution in [3.8, 4) is 11.6 Å². The number of hydrogen-bond acceptors (Lipinski definition) is 6. The van der Waals surface area contributed by atoms with Gasteiger partial charge >= 0.3 is 0 Å². The Morgan fingerprint density at radius 1 is 1.03 bits per heavy atom. The van der Waals surface area contributed by atoms with Gasteiger partial charge in [-0.15, -0.1) is 10.2 Å². The van der Waals surface area contributed by atoms with E-state index < -0.39 is 0 Å². The van der Waals surface area contributed by atoms with E-state index in [-0.39, 0.29) is 11.8 Å². The number of nitrogens with one attached hydrogen (secondary N) is 1. The largest absolute Gasteiger partial charge is 0.497 e. The van der Waals surface area contributed by atoms with Crippen molar-refractivity contribution in [3.05, 3.63) is 53.2 Å². The number of aromatic nitrogens is 4. The topological polar surface area (TPSA) is 85.2 Å². The molecule has 0 radical (unpaired) electrons. The Bertz CT molecular complexity index is 1070. The average Bonchev–Trinajstić information content (AvgIpc) is 3.42. The third-order valence-corrected chi connectivity index (χ3v) is 5.90. The van der Waals surface area contributed by atoms with E-state index in [4.69, 9.17) is 9.84 Å². The summed E-state index contributed by atoms with van der Waals surface area (Å²) in [5, 5.41) is 16.5. The van der Waals surface area contributed by atoms with Crippen molar-refractivity contribution >= 4 is 17.5 Å². The van der Waals surface area contributed by atoms with Gasteiger partial charge in [0.15, 0.2) is 11.6 Å². The quantitative estimate of drug-likeness (QED) is 0.719. The van der Waals surface area contributed by atoms with Gasteiger partial charge in [0.1, 0.15) is 11.6 Å². The maximum atomic E-state index is 12.5. The first kappa shape index (κ1) is 18.6. The highest BCUT2D eigenvalue weighted by molar-refractivity contribution is 5.95. The minimum Gasteiger partial charge on any atom is -0.497 e. The number of amides is 1. The Hall–Kier alpha value is -3.42. The number of aryl methyl sites for hydroxylation is 1. The van der Waals surface area contributed by atoms with E-state index in [0.717, 1.165) is 41.5 Å². The van der Waals surface area contributed by atoms with Gasteiger partial charge in [-0.3, -0.25) is 4.79 Å². The van der Waals surface area contributed by atoms with Crippen molar-refractivity contribution < 1.29 is 9.53 Å². The van der Waals surface area contributed by atoms with Crippen LogP contribution in [-0.2, 0) is 4.79 Å². The van der Waals surface area contributed by atoms with Crippen molar-refractivity contribution in [1.82, 2.24) is 20.0 Å². The minimum absolute atomic E-state index is 0.0360. The first-order valence-electron chi connectivity index (χ1n) is 10.3. The summed E-state index contributed by atoms with van der Waals surface area (Å²) >= 11 is 0. The smallest absolute Gasteiger partial charge is 0.226 e. The van der Waals surface area contributed by atoms with Crippen molar-refractivity contribution in [2.24, 2.45) is 0 Å². The molecule has 4 heterocycles. The zero-order chi connectivity index (χ0) is 20.7. The van der Waals surface area contributed by atoms with Crippen LogP contribution in [0, 0.1) is 6.92 Å². The maximum Gasteiger partial charge on any atom is 0.226 e. The first-order chi connectivity index (χ1) is 14.6. The van der Waals surface area contributed by atoms with Gasteiger partial charge in [0, 0.05) is 31.0 Å². The molecule has 1 atom stereocenters. The molecule has 1 fully saturated rings. The average molecular weight is 404 g/mol. The Labute approximate surface area is 174 Å². The fraction of sp³-hybridized carbons (Fsp3) is 0.364. The van der Waals surface area contributed by atoms with Crippen LogP contribution in [-0.4, -0.2) is 46.1 Å². The number of carbonyl (C=O) groups excluding carboxylic acids is 1. The second kappa shape index (κ2) is 7.44. The third-order valence-electron chi connectivity index (χ3n) is 5.90. The van der Waals surface area contributed by atoms with Gasteiger partial charge in [0.2, 0.25) is 5.91 Å². The standard InChI is InChI=1S/C22H24N6O2/c1-14-21-17(15-5-7-16(30-2)8-6-15)13-20(29)23-22(21)28(26-14)19-10-9-18(24-25-19)27-11-3-4-12-27/h5-10,17H,3-4,11-13H2,1-2H3,(H,23,29)/t17-/m0/s1. The number of anilines is 2. The maximum absolute atomic E-state index is 12.5. The molecule has 1 saturated heterocycles. The summed E-state index contributed by atoms with van der Waals surface area (Å²) in [6, 6.07) is 11.7. The molecular weight excluding hydrogens is 380 g/mol. The molecule has 3 aromatic rings. The molecule has 2 aromatic heterocycles. The zero-order valence-electron chi connectivity index (χ0n) is 17.1. The number of benzene rings is 1. The summed E-state index contributed by atoms with van der Waals surface area (Å²) in [6.45, 7) is 4.00. The van der Waals surface area contributed by atoms with E-state index in [2.05, 4.69) is 20.4 Å². The molecule has 0 unspecified atom stereocenters. The van der Waals surface area contributed by atoms with Gasteiger partial charge in [-0.05, 0) is 49.6 Å². The Morgan fingerprint density at radius 2 is 1.73 bits per heavy atom. The predicted octanol–water partition coefficient (Wildman–Crippen LogP) is 3.05. The van der Waals surface area contributed by atoms with E-state index in [1.807, 2.05) is 43.3 Å². The molecule has 5 rings (SSSR count). The summed E-state index contributed by atoms with van der Waals surface area (Å²) < 4.78 is 6.96. The highest BCUT2D eigenvalue weighted by Crippen LogP contribution is 2.40. The third kappa shape index (κ3) is 3.18. The number of fused-ring (bicyclic) bond motifs is 1. The predicted molar refractivity (Wildman–Crippen MR) is 113 cm³/mol. The SMILES string of the molecule is COc1ccc([C@@H]2CC(=O)Nc3c2c(C)nn3-c2ccc(N3CCCC3)nn2)cc1. The zero-order valence-corrected chi connectivity index (χ0v) is 17.1. The molecule has 0 saturated carbocycles. The van der Waals surface area contributed by atoms with E-state index in [9.17, 15) is 4.79 Å². The van der Waals surface area contributed by atoms with Crippen LogP contribution in [0.4, 0.5) is 11.6 Å². The number of rotatable bonds is 4. The summed E-state index contributed by atoms with van der Waals surface area (Å²) in [7, 11) is 1.64. The summed E-state index contributed by atoms with van der Waals surface area (Å²) in [4.78, 5) is 14.8. The lowest BCUT2D eigenvalue weighted by atomic mass is 9.86.